The number of amides is 1. The molecule has 7 heteroatoms. The summed E-state index contributed by atoms with van der Waals surface area (Å²) in [7, 11) is 0. The van der Waals surface area contributed by atoms with E-state index in [0.29, 0.717) is 11.5 Å². The molecule has 1 atom stereocenters. The van der Waals surface area contributed by atoms with Gasteiger partial charge in [0, 0.05) is 38.1 Å². The third-order valence-corrected chi connectivity index (χ3v) is 5.06. The topological polar surface area (TPSA) is 84.0 Å². The Morgan fingerprint density at radius 3 is 2.92 bits per heavy atom. The van der Waals surface area contributed by atoms with E-state index in [2.05, 4.69) is 15.2 Å². The molecule has 1 N–H and O–H groups in total. The maximum atomic E-state index is 12.9. The molecule has 7 nitrogen and oxygen atoms in total. The van der Waals surface area contributed by atoms with E-state index in [-0.39, 0.29) is 11.9 Å². The van der Waals surface area contributed by atoms with Gasteiger partial charge in [-0.05, 0) is 44.2 Å². The third kappa shape index (κ3) is 3.28. The molecule has 132 valence electrons. The van der Waals surface area contributed by atoms with Crippen molar-refractivity contribution >= 4 is 5.91 Å². The molecule has 0 unspecified atom stereocenters. The first-order valence-corrected chi connectivity index (χ1v) is 8.95. The van der Waals surface area contributed by atoms with Crippen LogP contribution >= 0.6 is 0 Å². The second-order valence-corrected chi connectivity index (χ2v) is 6.87. The van der Waals surface area contributed by atoms with Crippen LogP contribution in [-0.2, 0) is 4.74 Å². The highest BCUT2D eigenvalue weighted by atomic mass is 16.5. The number of aromatic amines is 1. The summed E-state index contributed by atoms with van der Waals surface area (Å²) in [5.74, 6) is 2.02. The largest absolute Gasteiger partial charge is 0.381 e. The molecule has 0 aromatic carbocycles. The Hall–Kier alpha value is -2.28. The van der Waals surface area contributed by atoms with Crippen molar-refractivity contribution in [3.8, 4) is 0 Å². The summed E-state index contributed by atoms with van der Waals surface area (Å²) >= 11 is 0. The Bertz CT molecular complexity index is 753. The van der Waals surface area contributed by atoms with Crippen LogP contribution in [0.25, 0.3) is 0 Å². The number of nitrogens with zero attached hydrogens (tertiary/aromatic N) is 4. The molecule has 4 rings (SSSR count). The predicted molar refractivity (Wildman–Crippen MR) is 91.2 cm³/mol. The molecule has 2 aliphatic rings. The van der Waals surface area contributed by atoms with Gasteiger partial charge in [-0.2, -0.15) is 5.10 Å². The van der Waals surface area contributed by atoms with E-state index in [1.165, 1.54) is 0 Å². The highest BCUT2D eigenvalue weighted by Crippen LogP contribution is 2.32. The lowest BCUT2D eigenvalue weighted by Gasteiger charge is -2.23. The van der Waals surface area contributed by atoms with Crippen molar-refractivity contribution in [2.24, 2.45) is 0 Å². The molecule has 0 aliphatic carbocycles. The molecule has 4 heterocycles. The van der Waals surface area contributed by atoms with E-state index in [4.69, 9.17) is 9.72 Å². The maximum absolute atomic E-state index is 12.9. The van der Waals surface area contributed by atoms with E-state index in [1.807, 2.05) is 17.9 Å². The van der Waals surface area contributed by atoms with Crippen LogP contribution in [0.5, 0.6) is 0 Å². The minimum Gasteiger partial charge on any atom is -0.381 e. The van der Waals surface area contributed by atoms with Crippen molar-refractivity contribution < 1.29 is 9.53 Å². The van der Waals surface area contributed by atoms with E-state index >= 15 is 0 Å². The Morgan fingerprint density at radius 2 is 2.12 bits per heavy atom. The van der Waals surface area contributed by atoms with Gasteiger partial charge in [0.25, 0.3) is 5.91 Å². The van der Waals surface area contributed by atoms with Crippen LogP contribution in [0, 0.1) is 6.92 Å². The Kier molecular flexibility index (Phi) is 4.48. The van der Waals surface area contributed by atoms with Crippen LogP contribution < -0.4 is 0 Å². The van der Waals surface area contributed by atoms with Gasteiger partial charge in [-0.1, -0.05) is 0 Å². The number of hydrogen-bond acceptors (Lipinski definition) is 5. The van der Waals surface area contributed by atoms with Crippen LogP contribution in [0.15, 0.2) is 18.5 Å². The van der Waals surface area contributed by atoms with Gasteiger partial charge in [0.2, 0.25) is 0 Å². The lowest BCUT2D eigenvalue weighted by atomic mass is 10.00. The number of rotatable bonds is 3. The molecule has 0 spiro atoms. The fraction of sp³-hybridized carbons (Fsp3) is 0.556. The predicted octanol–water partition coefficient (Wildman–Crippen LogP) is 2.38. The number of hydrogen-bond donors (Lipinski definition) is 1. The number of aryl methyl sites for hydroxylation is 1. The standard InChI is InChI=1S/C18H23N5O2/c1-12-9-14(11-19-10-12)18(24)23-6-2-3-15(23)17-20-16(21-22-17)13-4-7-25-8-5-13/h9-11,13,15H,2-8H2,1H3,(H,20,21,22)/t15-/m0/s1. The maximum Gasteiger partial charge on any atom is 0.256 e. The quantitative estimate of drug-likeness (QED) is 0.926. The molecular formula is C18H23N5O2. The summed E-state index contributed by atoms with van der Waals surface area (Å²) in [5.41, 5.74) is 1.62. The second-order valence-electron chi connectivity index (χ2n) is 6.87. The number of carbonyl (C=O) groups excluding carboxylic acids is 1. The minimum absolute atomic E-state index is 0.0164. The first-order chi connectivity index (χ1) is 12.2. The van der Waals surface area contributed by atoms with Crippen molar-refractivity contribution in [2.45, 2.75) is 44.6 Å². The first-order valence-electron chi connectivity index (χ1n) is 8.95. The van der Waals surface area contributed by atoms with Crippen molar-refractivity contribution in [1.29, 1.82) is 0 Å². The number of H-pyrrole nitrogens is 1. The zero-order valence-electron chi connectivity index (χ0n) is 14.4. The summed E-state index contributed by atoms with van der Waals surface area (Å²) in [4.78, 5) is 23.7. The number of aromatic nitrogens is 4. The molecular weight excluding hydrogens is 318 g/mol. The van der Waals surface area contributed by atoms with Crippen LogP contribution in [0.1, 0.15) is 65.2 Å². The van der Waals surface area contributed by atoms with Gasteiger partial charge in [0.15, 0.2) is 5.82 Å². The normalized spacial score (nSPS) is 21.6. The molecule has 2 saturated heterocycles. The minimum atomic E-state index is -0.0332. The SMILES string of the molecule is Cc1cncc(C(=O)N2CCC[C@H]2c2nc(C3CCOCC3)n[nH]2)c1. The zero-order chi connectivity index (χ0) is 17.2. The van der Waals surface area contributed by atoms with Gasteiger partial charge >= 0.3 is 0 Å². The smallest absolute Gasteiger partial charge is 0.256 e. The van der Waals surface area contributed by atoms with E-state index in [9.17, 15) is 4.79 Å². The molecule has 25 heavy (non-hydrogen) atoms. The Labute approximate surface area is 146 Å². The van der Waals surface area contributed by atoms with Gasteiger partial charge in [-0.25, -0.2) is 4.98 Å². The fourth-order valence-electron chi connectivity index (χ4n) is 3.71. The first kappa shape index (κ1) is 16.2. The lowest BCUT2D eigenvalue weighted by Crippen LogP contribution is -2.31. The Morgan fingerprint density at radius 1 is 1.28 bits per heavy atom. The van der Waals surface area contributed by atoms with Crippen molar-refractivity contribution in [2.75, 3.05) is 19.8 Å². The van der Waals surface area contributed by atoms with Crippen LogP contribution in [-0.4, -0.2) is 50.7 Å². The number of ether oxygens (including phenoxy) is 1. The molecule has 2 aromatic heterocycles. The van der Waals surface area contributed by atoms with Gasteiger partial charge in [0.1, 0.15) is 5.82 Å². The van der Waals surface area contributed by atoms with E-state index in [0.717, 1.165) is 62.7 Å². The average Bonchev–Trinajstić information content (AvgIpc) is 3.31. The van der Waals surface area contributed by atoms with Crippen LogP contribution in [0.3, 0.4) is 0 Å². The van der Waals surface area contributed by atoms with Crippen LogP contribution in [0.2, 0.25) is 0 Å². The van der Waals surface area contributed by atoms with Gasteiger partial charge in [-0.3, -0.25) is 14.9 Å². The summed E-state index contributed by atoms with van der Waals surface area (Å²) in [6.07, 6.45) is 7.20. The van der Waals surface area contributed by atoms with E-state index < -0.39 is 0 Å². The van der Waals surface area contributed by atoms with Gasteiger partial charge in [-0.15, -0.1) is 0 Å². The fourth-order valence-corrected chi connectivity index (χ4v) is 3.71. The molecule has 0 bridgehead atoms. The third-order valence-electron chi connectivity index (χ3n) is 5.06. The van der Waals surface area contributed by atoms with Gasteiger partial charge < -0.3 is 9.64 Å². The zero-order valence-corrected chi connectivity index (χ0v) is 14.4. The number of pyridine rings is 1. The highest BCUT2D eigenvalue weighted by Gasteiger charge is 2.33. The number of carbonyl (C=O) groups is 1. The second kappa shape index (κ2) is 6.92. The van der Waals surface area contributed by atoms with E-state index in [1.54, 1.807) is 12.4 Å². The number of likely N-dealkylation sites (tertiary alicyclic amines) is 1. The summed E-state index contributed by atoms with van der Waals surface area (Å²) in [6, 6.07) is 1.85. The molecule has 1 amide bonds. The average molecular weight is 341 g/mol. The van der Waals surface area contributed by atoms with Crippen molar-refractivity contribution in [3.63, 3.8) is 0 Å². The molecule has 2 aromatic rings. The summed E-state index contributed by atoms with van der Waals surface area (Å²) < 4.78 is 5.41. The number of nitrogens with one attached hydrogen (secondary N) is 1. The monoisotopic (exact) mass is 341 g/mol. The molecule has 2 aliphatic heterocycles. The van der Waals surface area contributed by atoms with Crippen LogP contribution in [0.4, 0.5) is 0 Å². The van der Waals surface area contributed by atoms with Crippen molar-refractivity contribution in [3.05, 3.63) is 41.2 Å². The highest BCUT2D eigenvalue weighted by molar-refractivity contribution is 5.94. The molecule has 2 fully saturated rings. The van der Waals surface area contributed by atoms with Gasteiger partial charge in [0.05, 0.1) is 11.6 Å². The summed E-state index contributed by atoms with van der Waals surface area (Å²) in [5, 5.41) is 7.50. The van der Waals surface area contributed by atoms with Crippen molar-refractivity contribution in [1.82, 2.24) is 25.1 Å². The molecule has 0 radical (unpaired) electrons. The summed E-state index contributed by atoms with van der Waals surface area (Å²) in [6.45, 7) is 4.22. The Balaban J connectivity index is 1.53. The lowest BCUT2D eigenvalue weighted by molar-refractivity contribution is 0.0729. The molecule has 0 saturated carbocycles.